The van der Waals surface area contributed by atoms with E-state index in [1.807, 2.05) is 4.90 Å². The van der Waals surface area contributed by atoms with Gasteiger partial charge in [0.15, 0.2) is 0 Å². The number of nitrogens with one attached hydrogen (secondary N) is 2. The SMILES string of the molecule is NC(=O)C1CCN(CC(=O)NC(=O)NC2CC2)CC1. The summed E-state index contributed by atoms with van der Waals surface area (Å²) in [5.41, 5.74) is 5.24. The molecule has 7 heteroatoms. The van der Waals surface area contributed by atoms with E-state index in [4.69, 9.17) is 5.73 Å². The largest absolute Gasteiger partial charge is 0.369 e. The summed E-state index contributed by atoms with van der Waals surface area (Å²) in [6, 6.07) is -0.182. The van der Waals surface area contributed by atoms with E-state index in [2.05, 4.69) is 10.6 Å². The zero-order chi connectivity index (χ0) is 13.8. The molecule has 0 radical (unpaired) electrons. The highest BCUT2D eigenvalue weighted by Crippen LogP contribution is 2.18. The minimum Gasteiger partial charge on any atom is -0.369 e. The van der Waals surface area contributed by atoms with Crippen LogP contribution in [0.3, 0.4) is 0 Å². The molecule has 0 unspecified atom stereocenters. The van der Waals surface area contributed by atoms with Gasteiger partial charge in [-0.3, -0.25) is 19.8 Å². The van der Waals surface area contributed by atoms with Crippen molar-refractivity contribution < 1.29 is 14.4 Å². The molecule has 1 saturated heterocycles. The van der Waals surface area contributed by atoms with Gasteiger partial charge in [0.2, 0.25) is 11.8 Å². The number of primary amides is 1. The summed E-state index contributed by atoms with van der Waals surface area (Å²) in [6.45, 7) is 1.50. The van der Waals surface area contributed by atoms with E-state index < -0.39 is 6.03 Å². The van der Waals surface area contributed by atoms with Crippen LogP contribution < -0.4 is 16.4 Å². The van der Waals surface area contributed by atoms with Gasteiger partial charge in [0.25, 0.3) is 0 Å². The summed E-state index contributed by atoms with van der Waals surface area (Å²) < 4.78 is 0. The highest BCUT2D eigenvalue weighted by molar-refractivity contribution is 5.95. The maximum Gasteiger partial charge on any atom is 0.321 e. The minimum absolute atomic E-state index is 0.0857. The van der Waals surface area contributed by atoms with Crippen molar-refractivity contribution in [1.29, 1.82) is 0 Å². The third kappa shape index (κ3) is 4.51. The summed E-state index contributed by atoms with van der Waals surface area (Å²) in [6.07, 6.45) is 3.33. The van der Waals surface area contributed by atoms with Crippen molar-refractivity contribution >= 4 is 17.8 Å². The van der Waals surface area contributed by atoms with E-state index in [-0.39, 0.29) is 30.3 Å². The predicted octanol–water partition coefficient (Wildman–Crippen LogP) is -0.828. The monoisotopic (exact) mass is 268 g/mol. The van der Waals surface area contributed by atoms with Crippen molar-refractivity contribution in [3.63, 3.8) is 0 Å². The summed E-state index contributed by atoms with van der Waals surface area (Å²) in [7, 11) is 0. The normalized spacial score (nSPS) is 20.8. The fourth-order valence-electron chi connectivity index (χ4n) is 2.19. The lowest BCUT2D eigenvalue weighted by Crippen LogP contribution is -2.47. The average Bonchev–Trinajstić information content (AvgIpc) is 3.13. The summed E-state index contributed by atoms with van der Waals surface area (Å²) in [4.78, 5) is 35.9. The van der Waals surface area contributed by atoms with Crippen molar-refractivity contribution in [1.82, 2.24) is 15.5 Å². The number of hydrogen-bond acceptors (Lipinski definition) is 4. The lowest BCUT2D eigenvalue weighted by molar-refractivity contribution is -0.123. The molecule has 1 saturated carbocycles. The van der Waals surface area contributed by atoms with Crippen LogP contribution in [-0.4, -0.2) is 48.4 Å². The number of piperidine rings is 1. The number of amides is 4. The maximum atomic E-state index is 11.6. The molecule has 0 atom stereocenters. The number of nitrogens with zero attached hydrogens (tertiary/aromatic N) is 1. The van der Waals surface area contributed by atoms with Crippen LogP contribution in [0.4, 0.5) is 4.79 Å². The Balaban J connectivity index is 1.65. The number of carbonyl (C=O) groups excluding carboxylic acids is 3. The molecule has 2 rings (SSSR count). The lowest BCUT2D eigenvalue weighted by Gasteiger charge is -2.29. The molecule has 2 aliphatic rings. The molecule has 2 fully saturated rings. The van der Waals surface area contributed by atoms with Crippen molar-refractivity contribution in [3.8, 4) is 0 Å². The molecule has 0 aromatic rings. The highest BCUT2D eigenvalue weighted by atomic mass is 16.2. The number of hydrogen-bond donors (Lipinski definition) is 3. The van der Waals surface area contributed by atoms with Gasteiger partial charge in [0, 0.05) is 12.0 Å². The molecule has 0 bridgehead atoms. The summed E-state index contributed by atoms with van der Waals surface area (Å²) in [5, 5.41) is 5.00. The Morgan fingerprint density at radius 2 is 1.74 bits per heavy atom. The Morgan fingerprint density at radius 1 is 1.11 bits per heavy atom. The van der Waals surface area contributed by atoms with E-state index in [9.17, 15) is 14.4 Å². The van der Waals surface area contributed by atoms with Crippen LogP contribution in [-0.2, 0) is 9.59 Å². The van der Waals surface area contributed by atoms with Gasteiger partial charge in [0.05, 0.1) is 6.54 Å². The zero-order valence-electron chi connectivity index (χ0n) is 10.9. The lowest BCUT2D eigenvalue weighted by atomic mass is 9.96. The van der Waals surface area contributed by atoms with Crippen LogP contribution in [0.2, 0.25) is 0 Å². The van der Waals surface area contributed by atoms with E-state index in [1.165, 1.54) is 0 Å². The molecule has 0 spiro atoms. The van der Waals surface area contributed by atoms with Crippen LogP contribution in [0.25, 0.3) is 0 Å². The van der Waals surface area contributed by atoms with Crippen molar-refractivity contribution in [2.24, 2.45) is 11.7 Å². The number of rotatable bonds is 4. The van der Waals surface area contributed by atoms with Gasteiger partial charge < -0.3 is 11.1 Å². The maximum absolute atomic E-state index is 11.6. The van der Waals surface area contributed by atoms with Gasteiger partial charge in [-0.2, -0.15) is 0 Å². The molecule has 4 amide bonds. The van der Waals surface area contributed by atoms with Crippen LogP contribution >= 0.6 is 0 Å². The smallest absolute Gasteiger partial charge is 0.321 e. The molecule has 7 nitrogen and oxygen atoms in total. The zero-order valence-corrected chi connectivity index (χ0v) is 10.9. The fraction of sp³-hybridized carbons (Fsp3) is 0.750. The first-order chi connectivity index (χ1) is 9.04. The minimum atomic E-state index is -0.417. The molecule has 0 aromatic carbocycles. The Morgan fingerprint density at radius 3 is 2.26 bits per heavy atom. The number of urea groups is 1. The topological polar surface area (TPSA) is 105 Å². The van der Waals surface area contributed by atoms with E-state index in [1.54, 1.807) is 0 Å². The van der Waals surface area contributed by atoms with Gasteiger partial charge in [-0.25, -0.2) is 4.79 Å². The first-order valence-corrected chi connectivity index (χ1v) is 6.66. The van der Waals surface area contributed by atoms with Gasteiger partial charge in [-0.1, -0.05) is 0 Å². The van der Waals surface area contributed by atoms with Crippen molar-refractivity contribution in [3.05, 3.63) is 0 Å². The highest BCUT2D eigenvalue weighted by Gasteiger charge is 2.26. The standard InChI is InChI=1S/C12H20N4O3/c13-11(18)8-3-5-16(6-4-8)7-10(17)15-12(19)14-9-1-2-9/h8-9H,1-7H2,(H2,13,18)(H2,14,15,17,19). The second-order valence-electron chi connectivity index (χ2n) is 5.25. The average molecular weight is 268 g/mol. The van der Waals surface area contributed by atoms with E-state index >= 15 is 0 Å². The molecule has 1 aliphatic carbocycles. The first kappa shape index (κ1) is 13.8. The van der Waals surface area contributed by atoms with Crippen LogP contribution in [0, 0.1) is 5.92 Å². The van der Waals surface area contributed by atoms with Crippen LogP contribution in [0.5, 0.6) is 0 Å². The van der Waals surface area contributed by atoms with Crippen LogP contribution in [0.1, 0.15) is 25.7 Å². The van der Waals surface area contributed by atoms with Gasteiger partial charge in [0.1, 0.15) is 0 Å². The third-order valence-corrected chi connectivity index (χ3v) is 3.52. The van der Waals surface area contributed by atoms with Gasteiger partial charge >= 0.3 is 6.03 Å². The Kier molecular flexibility index (Phi) is 4.36. The van der Waals surface area contributed by atoms with E-state index in [0.717, 1.165) is 12.8 Å². The van der Waals surface area contributed by atoms with E-state index in [0.29, 0.717) is 25.9 Å². The number of nitrogens with two attached hydrogens (primary N) is 1. The van der Waals surface area contributed by atoms with Gasteiger partial charge in [-0.15, -0.1) is 0 Å². The first-order valence-electron chi connectivity index (χ1n) is 6.66. The summed E-state index contributed by atoms with van der Waals surface area (Å²) in [5.74, 6) is -0.666. The molecule has 106 valence electrons. The quantitative estimate of drug-likeness (QED) is 0.619. The Hall–Kier alpha value is -1.63. The van der Waals surface area contributed by atoms with Crippen molar-refractivity contribution in [2.45, 2.75) is 31.7 Å². The van der Waals surface area contributed by atoms with Gasteiger partial charge in [-0.05, 0) is 38.8 Å². The predicted molar refractivity (Wildman–Crippen MR) is 68.1 cm³/mol. The number of imide groups is 1. The molecule has 1 heterocycles. The molecule has 1 aliphatic heterocycles. The molecular formula is C12H20N4O3. The molecule has 4 N–H and O–H groups in total. The Labute approximate surface area is 111 Å². The third-order valence-electron chi connectivity index (χ3n) is 3.52. The summed E-state index contributed by atoms with van der Waals surface area (Å²) >= 11 is 0. The van der Waals surface area contributed by atoms with Crippen molar-refractivity contribution in [2.75, 3.05) is 19.6 Å². The number of likely N-dealkylation sites (tertiary alicyclic amines) is 1. The Bertz CT molecular complexity index is 373. The molecule has 19 heavy (non-hydrogen) atoms. The van der Waals surface area contributed by atoms with Crippen LogP contribution in [0.15, 0.2) is 0 Å². The number of carbonyl (C=O) groups is 3. The fourth-order valence-corrected chi connectivity index (χ4v) is 2.19. The molecular weight excluding hydrogens is 248 g/mol. The second-order valence-corrected chi connectivity index (χ2v) is 5.25. The molecule has 0 aromatic heterocycles. The second kappa shape index (κ2) is 6.01.